The first-order chi connectivity index (χ1) is 13.7. The Labute approximate surface area is 167 Å². The normalized spacial score (nSPS) is 12.9. The first-order valence-corrected chi connectivity index (χ1v) is 9.23. The number of hydrogen-bond acceptors (Lipinski definition) is 5. The number of nitrogens with one attached hydrogen (secondary N) is 1. The number of carbonyl (C=O) groups excluding carboxylic acids is 1. The highest BCUT2D eigenvalue weighted by atomic mass is 35.5. The van der Waals surface area contributed by atoms with Crippen molar-refractivity contribution in [1.29, 1.82) is 0 Å². The molecule has 6 nitrogen and oxygen atoms in total. The van der Waals surface area contributed by atoms with E-state index in [2.05, 4.69) is 5.32 Å². The van der Waals surface area contributed by atoms with Crippen LogP contribution in [0.4, 0.5) is 5.69 Å². The zero-order valence-corrected chi connectivity index (χ0v) is 15.7. The summed E-state index contributed by atoms with van der Waals surface area (Å²) in [5.74, 6) is 1.56. The molecule has 0 saturated carbocycles. The summed E-state index contributed by atoms with van der Waals surface area (Å²) in [5.41, 5.74) is 1.05. The molecular formula is C21H18ClNO5. The predicted octanol–water partition coefficient (Wildman–Crippen LogP) is 4.93. The first kappa shape index (κ1) is 18.3. The van der Waals surface area contributed by atoms with Crippen LogP contribution in [0.1, 0.15) is 22.5 Å². The topological polar surface area (TPSA) is 69.9 Å². The van der Waals surface area contributed by atoms with Gasteiger partial charge in [0.25, 0.3) is 5.91 Å². The fourth-order valence-corrected chi connectivity index (χ4v) is 2.99. The third-order valence-corrected chi connectivity index (χ3v) is 4.49. The zero-order chi connectivity index (χ0) is 19.3. The standard InChI is InChI=1S/C21H18ClNO5/c22-16-11-18-19(26-9-4-8-25-18)12-17(16)23-21(24)20-14(7-10-27-20)13-28-15-5-2-1-3-6-15/h1-3,5-7,10-12H,4,8-9,13H2,(H,23,24). The molecule has 1 aromatic heterocycles. The minimum Gasteiger partial charge on any atom is -0.490 e. The largest absolute Gasteiger partial charge is 0.490 e. The molecule has 1 aliphatic rings. The lowest BCUT2D eigenvalue weighted by molar-refractivity contribution is 0.0993. The summed E-state index contributed by atoms with van der Waals surface area (Å²) in [6, 6.07) is 14.4. The van der Waals surface area contributed by atoms with Crippen molar-refractivity contribution in [1.82, 2.24) is 0 Å². The van der Waals surface area contributed by atoms with Gasteiger partial charge in [0.15, 0.2) is 17.3 Å². The summed E-state index contributed by atoms with van der Waals surface area (Å²) >= 11 is 6.30. The van der Waals surface area contributed by atoms with Gasteiger partial charge in [0.1, 0.15) is 12.4 Å². The summed E-state index contributed by atoms with van der Waals surface area (Å²) in [6.07, 6.45) is 2.24. The van der Waals surface area contributed by atoms with Gasteiger partial charge in [-0.05, 0) is 18.2 Å². The van der Waals surface area contributed by atoms with E-state index in [-0.39, 0.29) is 12.4 Å². The monoisotopic (exact) mass is 399 g/mol. The van der Waals surface area contributed by atoms with E-state index in [9.17, 15) is 4.79 Å². The van der Waals surface area contributed by atoms with Crippen molar-refractivity contribution in [3.63, 3.8) is 0 Å². The van der Waals surface area contributed by atoms with Gasteiger partial charge in [-0.15, -0.1) is 0 Å². The van der Waals surface area contributed by atoms with E-state index in [0.717, 1.165) is 6.42 Å². The zero-order valence-electron chi connectivity index (χ0n) is 14.9. The van der Waals surface area contributed by atoms with Crippen molar-refractivity contribution in [3.05, 3.63) is 71.1 Å². The highest BCUT2D eigenvalue weighted by Gasteiger charge is 2.20. The Morgan fingerprint density at radius 1 is 1.07 bits per heavy atom. The summed E-state index contributed by atoms with van der Waals surface area (Å²) in [6.45, 7) is 1.31. The molecule has 0 spiro atoms. The fourth-order valence-electron chi connectivity index (χ4n) is 2.79. The highest BCUT2D eigenvalue weighted by molar-refractivity contribution is 6.34. The van der Waals surface area contributed by atoms with Gasteiger partial charge in [0, 0.05) is 24.1 Å². The summed E-state index contributed by atoms with van der Waals surface area (Å²) in [5, 5.41) is 3.12. The van der Waals surface area contributed by atoms with Crippen LogP contribution in [0.3, 0.4) is 0 Å². The Kier molecular flexibility index (Phi) is 5.39. The number of carbonyl (C=O) groups is 1. The molecule has 1 aliphatic heterocycles. The van der Waals surface area contributed by atoms with E-state index in [0.29, 0.717) is 46.7 Å². The van der Waals surface area contributed by atoms with Gasteiger partial charge in [-0.1, -0.05) is 29.8 Å². The molecule has 0 aliphatic carbocycles. The number of amides is 1. The predicted molar refractivity (Wildman–Crippen MR) is 104 cm³/mol. The van der Waals surface area contributed by atoms with Crippen molar-refractivity contribution in [2.24, 2.45) is 0 Å². The van der Waals surface area contributed by atoms with Crippen LogP contribution in [0, 0.1) is 0 Å². The van der Waals surface area contributed by atoms with Crippen LogP contribution in [0.15, 0.2) is 59.2 Å². The summed E-state index contributed by atoms with van der Waals surface area (Å²) < 4.78 is 22.3. The second-order valence-corrected chi connectivity index (χ2v) is 6.57. The van der Waals surface area contributed by atoms with Crippen LogP contribution in [0.2, 0.25) is 5.02 Å². The third-order valence-electron chi connectivity index (χ3n) is 4.18. The van der Waals surface area contributed by atoms with E-state index in [4.69, 9.17) is 30.2 Å². The molecule has 144 valence electrons. The Hall–Kier alpha value is -3.12. The number of halogens is 1. The van der Waals surface area contributed by atoms with Crippen molar-refractivity contribution in [2.75, 3.05) is 18.5 Å². The van der Waals surface area contributed by atoms with Gasteiger partial charge >= 0.3 is 0 Å². The van der Waals surface area contributed by atoms with Gasteiger partial charge in [-0.2, -0.15) is 0 Å². The molecule has 4 rings (SSSR count). The maximum Gasteiger partial charge on any atom is 0.291 e. The fraction of sp³-hybridized carbons (Fsp3) is 0.190. The lowest BCUT2D eigenvalue weighted by Crippen LogP contribution is -2.14. The molecule has 1 amide bonds. The van der Waals surface area contributed by atoms with Gasteiger partial charge in [0.05, 0.1) is 30.2 Å². The minimum atomic E-state index is -0.423. The van der Waals surface area contributed by atoms with Crippen LogP contribution < -0.4 is 19.5 Å². The number of para-hydroxylation sites is 1. The third kappa shape index (κ3) is 4.07. The number of hydrogen-bond donors (Lipinski definition) is 1. The van der Waals surface area contributed by atoms with Crippen molar-refractivity contribution in [3.8, 4) is 17.2 Å². The van der Waals surface area contributed by atoms with Gasteiger partial charge in [-0.3, -0.25) is 4.79 Å². The number of fused-ring (bicyclic) bond motifs is 1. The molecule has 28 heavy (non-hydrogen) atoms. The molecule has 3 aromatic rings. The molecule has 0 fully saturated rings. The second-order valence-electron chi connectivity index (χ2n) is 6.16. The molecule has 0 atom stereocenters. The van der Waals surface area contributed by atoms with Crippen LogP contribution in [-0.4, -0.2) is 19.1 Å². The number of ether oxygens (including phenoxy) is 3. The van der Waals surface area contributed by atoms with Crippen LogP contribution in [0.5, 0.6) is 17.2 Å². The van der Waals surface area contributed by atoms with Gasteiger partial charge in [0.2, 0.25) is 0 Å². The summed E-state index contributed by atoms with van der Waals surface area (Å²) in [4.78, 5) is 12.7. The van der Waals surface area contributed by atoms with Gasteiger partial charge in [-0.25, -0.2) is 0 Å². The molecule has 2 aromatic carbocycles. The Morgan fingerprint density at radius 2 is 1.82 bits per heavy atom. The molecule has 0 bridgehead atoms. The van der Waals surface area contributed by atoms with Crippen LogP contribution in [0.25, 0.3) is 0 Å². The molecule has 0 radical (unpaired) electrons. The molecule has 0 unspecified atom stereocenters. The molecular weight excluding hydrogens is 382 g/mol. The maximum atomic E-state index is 12.7. The average molecular weight is 400 g/mol. The van der Waals surface area contributed by atoms with E-state index < -0.39 is 5.91 Å². The van der Waals surface area contributed by atoms with E-state index in [1.54, 1.807) is 18.2 Å². The van der Waals surface area contributed by atoms with Crippen molar-refractivity contribution >= 4 is 23.2 Å². The second kappa shape index (κ2) is 8.27. The molecule has 7 heteroatoms. The highest BCUT2D eigenvalue weighted by Crippen LogP contribution is 2.38. The lowest BCUT2D eigenvalue weighted by Gasteiger charge is -2.12. The Balaban J connectivity index is 1.49. The lowest BCUT2D eigenvalue weighted by atomic mass is 10.2. The van der Waals surface area contributed by atoms with E-state index >= 15 is 0 Å². The number of anilines is 1. The van der Waals surface area contributed by atoms with Crippen molar-refractivity contribution < 1.29 is 23.4 Å². The molecule has 2 heterocycles. The van der Waals surface area contributed by atoms with E-state index in [1.807, 2.05) is 30.3 Å². The average Bonchev–Trinajstić information content (AvgIpc) is 3.07. The SMILES string of the molecule is O=C(Nc1cc2c(cc1Cl)OCCCO2)c1occc1COc1ccccc1. The molecule has 1 N–H and O–H groups in total. The summed E-state index contributed by atoms with van der Waals surface area (Å²) in [7, 11) is 0. The van der Waals surface area contributed by atoms with Crippen molar-refractivity contribution in [2.45, 2.75) is 13.0 Å². The number of benzene rings is 2. The maximum absolute atomic E-state index is 12.7. The van der Waals surface area contributed by atoms with E-state index in [1.165, 1.54) is 6.26 Å². The van der Waals surface area contributed by atoms with Gasteiger partial charge < -0.3 is 23.9 Å². The van der Waals surface area contributed by atoms with Crippen LogP contribution >= 0.6 is 11.6 Å². The quantitative estimate of drug-likeness (QED) is 0.659. The van der Waals surface area contributed by atoms with Crippen LogP contribution in [-0.2, 0) is 6.61 Å². The number of rotatable bonds is 5. The smallest absolute Gasteiger partial charge is 0.291 e. The minimum absolute atomic E-state index is 0.166. The number of furan rings is 1. The Morgan fingerprint density at radius 3 is 2.61 bits per heavy atom. The first-order valence-electron chi connectivity index (χ1n) is 8.85. The Bertz CT molecular complexity index is 970. The molecule has 0 saturated heterocycles.